The lowest BCUT2D eigenvalue weighted by molar-refractivity contribution is 0.0514. The van der Waals surface area contributed by atoms with Crippen molar-refractivity contribution < 1.29 is 14.3 Å². The fourth-order valence-electron chi connectivity index (χ4n) is 3.46. The van der Waals surface area contributed by atoms with Crippen molar-refractivity contribution in [1.82, 2.24) is 19.9 Å². The minimum absolute atomic E-state index is 0.264. The number of aromatic amines is 2. The third-order valence-corrected chi connectivity index (χ3v) is 4.52. The summed E-state index contributed by atoms with van der Waals surface area (Å²) >= 11 is 0. The summed E-state index contributed by atoms with van der Waals surface area (Å²) in [5.74, 6) is 0.439. The number of H-pyrrole nitrogens is 2. The molecular formula is C20H20N4O3. The topological polar surface area (TPSA) is 92.9 Å². The second-order valence-corrected chi connectivity index (χ2v) is 6.20. The minimum Gasteiger partial charge on any atom is -0.461 e. The Hall–Kier alpha value is -3.19. The highest BCUT2D eigenvalue weighted by molar-refractivity contribution is 6.12. The molecule has 0 radical (unpaired) electrons. The van der Waals surface area contributed by atoms with E-state index < -0.39 is 5.97 Å². The molecule has 0 spiro atoms. The molecule has 0 saturated heterocycles. The Kier molecular flexibility index (Phi) is 4.60. The molecule has 7 nitrogen and oxygen atoms in total. The van der Waals surface area contributed by atoms with Crippen LogP contribution in [-0.2, 0) is 22.5 Å². The van der Waals surface area contributed by atoms with Crippen LogP contribution >= 0.6 is 0 Å². The van der Waals surface area contributed by atoms with Crippen LogP contribution in [0.2, 0.25) is 0 Å². The van der Waals surface area contributed by atoms with Crippen LogP contribution in [0.1, 0.15) is 34.4 Å². The molecule has 0 atom stereocenters. The highest BCUT2D eigenvalue weighted by Gasteiger charge is 2.21. The first-order valence-electron chi connectivity index (χ1n) is 8.78. The predicted molar refractivity (Wildman–Crippen MR) is 102 cm³/mol. The molecule has 0 saturated carbocycles. The van der Waals surface area contributed by atoms with Crippen molar-refractivity contribution in [3.63, 3.8) is 0 Å². The lowest BCUT2D eigenvalue weighted by Crippen LogP contribution is -2.11. The molecule has 4 aromatic rings. The first kappa shape index (κ1) is 17.2. The molecule has 1 aromatic carbocycles. The molecule has 0 amide bonds. The monoisotopic (exact) mass is 364 g/mol. The molecule has 0 aliphatic heterocycles. The van der Waals surface area contributed by atoms with Crippen molar-refractivity contribution in [2.75, 3.05) is 13.7 Å². The van der Waals surface area contributed by atoms with Gasteiger partial charge in [0.15, 0.2) is 5.69 Å². The normalized spacial score (nSPS) is 11.3. The van der Waals surface area contributed by atoms with E-state index in [2.05, 4.69) is 26.0 Å². The number of nitrogens with one attached hydrogen (secondary N) is 2. The Labute approximate surface area is 155 Å². The van der Waals surface area contributed by atoms with Gasteiger partial charge in [0, 0.05) is 47.8 Å². The Morgan fingerprint density at radius 1 is 1.19 bits per heavy atom. The van der Waals surface area contributed by atoms with E-state index in [0.29, 0.717) is 18.7 Å². The molecule has 2 N–H and O–H groups in total. The van der Waals surface area contributed by atoms with Crippen LogP contribution in [0, 0.1) is 0 Å². The molecular weight excluding hydrogens is 344 g/mol. The van der Waals surface area contributed by atoms with E-state index in [-0.39, 0.29) is 6.61 Å². The third-order valence-electron chi connectivity index (χ3n) is 4.52. The number of nitrogens with zero attached hydrogens (tertiary/aromatic N) is 2. The number of fused-ring (bicyclic) bond motifs is 3. The Morgan fingerprint density at radius 2 is 2.07 bits per heavy atom. The number of ether oxygens (including phenoxy) is 2. The van der Waals surface area contributed by atoms with E-state index >= 15 is 0 Å². The molecule has 3 heterocycles. The van der Waals surface area contributed by atoms with E-state index in [9.17, 15) is 4.79 Å². The maximum Gasteiger partial charge on any atom is 0.357 e. The Morgan fingerprint density at radius 3 is 2.81 bits per heavy atom. The number of imidazole rings is 1. The highest BCUT2D eigenvalue weighted by atomic mass is 16.5. The van der Waals surface area contributed by atoms with Gasteiger partial charge in [-0.15, -0.1) is 0 Å². The molecule has 4 rings (SSSR count). The molecule has 138 valence electrons. The van der Waals surface area contributed by atoms with Gasteiger partial charge in [-0.25, -0.2) is 14.8 Å². The van der Waals surface area contributed by atoms with Crippen molar-refractivity contribution in [2.45, 2.75) is 20.0 Å². The van der Waals surface area contributed by atoms with Crippen molar-refractivity contribution in [3.05, 3.63) is 59.4 Å². The SMILES string of the molecule is CCOC(=O)c1ncc2[nH]c3cccc(Cc4ncc[nH]4)c3c2c1COC. The molecule has 3 aromatic heterocycles. The fourth-order valence-corrected chi connectivity index (χ4v) is 3.46. The van der Waals surface area contributed by atoms with Gasteiger partial charge in [0.2, 0.25) is 0 Å². The van der Waals surface area contributed by atoms with Gasteiger partial charge in [-0.1, -0.05) is 12.1 Å². The highest BCUT2D eigenvalue weighted by Crippen LogP contribution is 2.33. The van der Waals surface area contributed by atoms with Crippen LogP contribution in [-0.4, -0.2) is 39.6 Å². The molecule has 7 heteroatoms. The summed E-state index contributed by atoms with van der Waals surface area (Å²) in [6.45, 7) is 2.34. The van der Waals surface area contributed by atoms with Crippen molar-refractivity contribution in [3.8, 4) is 0 Å². The zero-order chi connectivity index (χ0) is 18.8. The van der Waals surface area contributed by atoms with E-state index in [4.69, 9.17) is 9.47 Å². The smallest absolute Gasteiger partial charge is 0.357 e. The van der Waals surface area contributed by atoms with Gasteiger partial charge < -0.3 is 19.4 Å². The minimum atomic E-state index is -0.440. The number of carbonyl (C=O) groups excluding carboxylic acids is 1. The number of pyridine rings is 1. The number of carbonyl (C=O) groups is 1. The van der Waals surface area contributed by atoms with Gasteiger partial charge in [0.1, 0.15) is 5.82 Å². The van der Waals surface area contributed by atoms with Crippen molar-refractivity contribution in [2.24, 2.45) is 0 Å². The van der Waals surface area contributed by atoms with E-state index in [1.54, 1.807) is 26.4 Å². The van der Waals surface area contributed by atoms with Crippen LogP contribution in [0.15, 0.2) is 36.8 Å². The van der Waals surface area contributed by atoms with E-state index in [1.807, 2.05) is 18.3 Å². The quantitative estimate of drug-likeness (QED) is 0.512. The van der Waals surface area contributed by atoms with E-state index in [1.165, 1.54) is 0 Å². The Balaban J connectivity index is 1.99. The number of aromatic nitrogens is 4. The molecule has 0 fully saturated rings. The van der Waals surface area contributed by atoms with Gasteiger partial charge >= 0.3 is 5.97 Å². The summed E-state index contributed by atoms with van der Waals surface area (Å²) < 4.78 is 10.6. The van der Waals surface area contributed by atoms with Crippen LogP contribution in [0.25, 0.3) is 21.8 Å². The first-order chi connectivity index (χ1) is 13.2. The van der Waals surface area contributed by atoms with Crippen LogP contribution < -0.4 is 0 Å². The summed E-state index contributed by atoms with van der Waals surface area (Å²) in [5.41, 5.74) is 3.96. The third kappa shape index (κ3) is 3.06. The Bertz CT molecular complexity index is 1100. The lowest BCUT2D eigenvalue weighted by atomic mass is 10.00. The lowest BCUT2D eigenvalue weighted by Gasteiger charge is -2.10. The maximum absolute atomic E-state index is 12.4. The standard InChI is InChI=1S/C20H20N4O3/c1-3-27-20(25)19-13(11-26-2)18-15(10-23-19)24-14-6-4-5-12(17(14)18)9-16-21-7-8-22-16/h4-8,10,24H,3,9,11H2,1-2H3,(H,21,22). The first-order valence-corrected chi connectivity index (χ1v) is 8.78. The number of esters is 1. The van der Waals surface area contributed by atoms with Gasteiger partial charge in [0.05, 0.1) is 24.9 Å². The van der Waals surface area contributed by atoms with Crippen molar-refractivity contribution in [1.29, 1.82) is 0 Å². The summed E-state index contributed by atoms with van der Waals surface area (Å²) in [4.78, 5) is 27.6. The average molecular weight is 364 g/mol. The summed E-state index contributed by atoms with van der Waals surface area (Å²) in [7, 11) is 1.60. The van der Waals surface area contributed by atoms with E-state index in [0.717, 1.165) is 38.8 Å². The number of hydrogen-bond donors (Lipinski definition) is 2. The second kappa shape index (κ2) is 7.20. The second-order valence-electron chi connectivity index (χ2n) is 6.20. The summed E-state index contributed by atoms with van der Waals surface area (Å²) in [6.07, 6.45) is 5.88. The summed E-state index contributed by atoms with van der Waals surface area (Å²) in [6, 6.07) is 6.09. The molecule has 27 heavy (non-hydrogen) atoms. The molecule has 0 aliphatic rings. The van der Waals surface area contributed by atoms with Crippen LogP contribution in [0.4, 0.5) is 0 Å². The predicted octanol–water partition coefficient (Wildman–Crippen LogP) is 3.35. The number of benzene rings is 1. The van der Waals surface area contributed by atoms with Crippen LogP contribution in [0.3, 0.4) is 0 Å². The van der Waals surface area contributed by atoms with Crippen LogP contribution in [0.5, 0.6) is 0 Å². The van der Waals surface area contributed by atoms with Gasteiger partial charge in [-0.3, -0.25) is 0 Å². The van der Waals surface area contributed by atoms with Gasteiger partial charge in [-0.05, 0) is 18.6 Å². The zero-order valence-electron chi connectivity index (χ0n) is 15.2. The average Bonchev–Trinajstić information content (AvgIpc) is 3.30. The number of rotatable bonds is 6. The largest absolute Gasteiger partial charge is 0.461 e. The molecule has 0 unspecified atom stereocenters. The zero-order valence-corrected chi connectivity index (χ0v) is 15.2. The summed E-state index contributed by atoms with van der Waals surface area (Å²) in [5, 5.41) is 1.98. The number of methoxy groups -OCH3 is 1. The number of hydrogen-bond acceptors (Lipinski definition) is 5. The van der Waals surface area contributed by atoms with Gasteiger partial charge in [0.25, 0.3) is 0 Å². The molecule has 0 aliphatic carbocycles. The molecule has 0 bridgehead atoms. The fraction of sp³-hybridized carbons (Fsp3) is 0.250. The van der Waals surface area contributed by atoms with Gasteiger partial charge in [-0.2, -0.15) is 0 Å². The maximum atomic E-state index is 12.4. The van der Waals surface area contributed by atoms with Crippen molar-refractivity contribution >= 4 is 27.8 Å².